The van der Waals surface area contributed by atoms with Crippen LogP contribution in [0.15, 0.2) is 82.1 Å². The predicted octanol–water partition coefficient (Wildman–Crippen LogP) is 4.14. The zero-order valence-electron chi connectivity index (χ0n) is 18.6. The van der Waals surface area contributed by atoms with Crippen LogP contribution in [-0.4, -0.2) is 39.5 Å². The van der Waals surface area contributed by atoms with E-state index in [0.29, 0.717) is 29.4 Å². The number of methoxy groups -OCH3 is 2. The third kappa shape index (κ3) is 5.18. The monoisotopic (exact) mass is 497 g/mol. The minimum absolute atomic E-state index is 0.0316. The summed E-state index contributed by atoms with van der Waals surface area (Å²) < 4.78 is 40.1. The van der Waals surface area contributed by atoms with Gasteiger partial charge in [0.2, 0.25) is 5.91 Å². The van der Waals surface area contributed by atoms with Crippen molar-refractivity contribution in [1.82, 2.24) is 0 Å². The average molecular weight is 498 g/mol. The molecular formula is C24H23N3O5S2. The van der Waals surface area contributed by atoms with E-state index >= 15 is 0 Å². The van der Waals surface area contributed by atoms with Crippen molar-refractivity contribution in [3.63, 3.8) is 0 Å². The summed E-state index contributed by atoms with van der Waals surface area (Å²) >= 11 is 1.06. The van der Waals surface area contributed by atoms with Gasteiger partial charge in [0.15, 0.2) is 16.7 Å². The quantitative estimate of drug-likeness (QED) is 0.524. The number of carbonyl (C=O) groups is 1. The van der Waals surface area contributed by atoms with Crippen LogP contribution in [0.1, 0.15) is 5.56 Å². The second-order valence-electron chi connectivity index (χ2n) is 7.30. The van der Waals surface area contributed by atoms with Crippen molar-refractivity contribution >= 4 is 44.2 Å². The van der Waals surface area contributed by atoms with Gasteiger partial charge in [-0.05, 0) is 29.8 Å². The highest BCUT2D eigenvalue weighted by Gasteiger charge is 2.31. The third-order valence-electron chi connectivity index (χ3n) is 5.05. The van der Waals surface area contributed by atoms with Crippen molar-refractivity contribution in [2.45, 2.75) is 11.4 Å². The maximum absolute atomic E-state index is 12.8. The maximum atomic E-state index is 12.8. The number of fused-ring (bicyclic) bond motifs is 1. The van der Waals surface area contributed by atoms with Gasteiger partial charge in [-0.3, -0.25) is 4.79 Å². The van der Waals surface area contributed by atoms with Gasteiger partial charge in [0, 0.05) is 11.8 Å². The molecule has 1 amide bonds. The zero-order chi connectivity index (χ0) is 24.1. The number of carbonyl (C=O) groups excluding carboxylic acids is 1. The van der Waals surface area contributed by atoms with Gasteiger partial charge in [-0.25, -0.2) is 0 Å². The standard InChI is InChI=1S/C24H23N3O5S2/c1-31-20-13-12-18(14-21(20)32-2)25-23(28)16-33-24-26-34(29,30)22-11-7-6-10-19(22)27(24)15-17-8-4-3-5-9-17/h3-14H,15-16H2,1-2H3,(H,25,28). The molecule has 1 N–H and O–H groups in total. The normalized spacial score (nSPS) is 14.1. The molecule has 8 nitrogen and oxygen atoms in total. The fourth-order valence-electron chi connectivity index (χ4n) is 3.47. The van der Waals surface area contributed by atoms with Crippen LogP contribution in [-0.2, 0) is 21.4 Å². The van der Waals surface area contributed by atoms with E-state index < -0.39 is 10.0 Å². The third-order valence-corrected chi connectivity index (χ3v) is 7.45. The van der Waals surface area contributed by atoms with Crippen LogP contribution >= 0.6 is 11.8 Å². The first kappa shape index (κ1) is 23.7. The first-order valence-corrected chi connectivity index (χ1v) is 12.7. The van der Waals surface area contributed by atoms with Gasteiger partial charge in [-0.15, -0.1) is 4.40 Å². The van der Waals surface area contributed by atoms with E-state index in [2.05, 4.69) is 9.71 Å². The number of hydrogen-bond donors (Lipinski definition) is 1. The molecule has 176 valence electrons. The topological polar surface area (TPSA) is 97.3 Å². The van der Waals surface area contributed by atoms with E-state index in [9.17, 15) is 13.2 Å². The van der Waals surface area contributed by atoms with Crippen LogP contribution in [0.5, 0.6) is 11.5 Å². The summed E-state index contributed by atoms with van der Waals surface area (Å²) in [7, 11) is -0.830. The number of thioether (sulfide) groups is 1. The molecule has 0 fully saturated rings. The molecule has 1 aliphatic heterocycles. The van der Waals surface area contributed by atoms with E-state index in [4.69, 9.17) is 9.47 Å². The molecule has 0 saturated heterocycles. The van der Waals surface area contributed by atoms with Crippen LogP contribution in [0.4, 0.5) is 11.4 Å². The van der Waals surface area contributed by atoms with Crippen molar-refractivity contribution in [2.75, 3.05) is 30.2 Å². The molecule has 3 aromatic carbocycles. The summed E-state index contributed by atoms with van der Waals surface area (Å²) in [6.45, 7) is 0.413. The lowest BCUT2D eigenvalue weighted by Gasteiger charge is -2.30. The van der Waals surface area contributed by atoms with Gasteiger partial charge < -0.3 is 19.7 Å². The Balaban J connectivity index is 1.54. The van der Waals surface area contributed by atoms with Crippen LogP contribution in [0.25, 0.3) is 0 Å². The Hall–Kier alpha value is -3.50. The number of benzene rings is 3. The Morgan fingerprint density at radius 1 is 0.971 bits per heavy atom. The highest BCUT2D eigenvalue weighted by Crippen LogP contribution is 2.35. The molecular weight excluding hydrogens is 474 g/mol. The average Bonchev–Trinajstić information content (AvgIpc) is 2.85. The lowest BCUT2D eigenvalue weighted by molar-refractivity contribution is -0.113. The largest absolute Gasteiger partial charge is 0.493 e. The van der Waals surface area contributed by atoms with E-state index in [0.717, 1.165) is 17.3 Å². The minimum atomic E-state index is -3.88. The van der Waals surface area contributed by atoms with Crippen molar-refractivity contribution in [2.24, 2.45) is 4.40 Å². The number of para-hydroxylation sites is 1. The van der Waals surface area contributed by atoms with Gasteiger partial charge in [-0.1, -0.05) is 54.2 Å². The molecule has 1 aliphatic rings. The smallest absolute Gasteiger partial charge is 0.286 e. The molecule has 34 heavy (non-hydrogen) atoms. The van der Waals surface area contributed by atoms with Crippen LogP contribution in [0.2, 0.25) is 0 Å². The summed E-state index contributed by atoms with van der Waals surface area (Å²) in [4.78, 5) is 14.6. The lowest BCUT2D eigenvalue weighted by atomic mass is 10.2. The molecule has 0 aromatic heterocycles. The van der Waals surface area contributed by atoms with E-state index in [1.54, 1.807) is 36.4 Å². The summed E-state index contributed by atoms with van der Waals surface area (Å²) in [5, 5.41) is 3.03. The highest BCUT2D eigenvalue weighted by molar-refractivity contribution is 8.15. The number of amidine groups is 1. The molecule has 0 spiro atoms. The van der Waals surface area contributed by atoms with E-state index in [1.807, 2.05) is 35.2 Å². The number of sulfonamides is 1. The number of anilines is 2. The molecule has 0 aliphatic carbocycles. The summed E-state index contributed by atoms with van der Waals surface area (Å²) in [5.41, 5.74) is 2.05. The second kappa shape index (κ2) is 10.2. The lowest BCUT2D eigenvalue weighted by Crippen LogP contribution is -2.34. The molecule has 0 atom stereocenters. The van der Waals surface area contributed by atoms with Crippen molar-refractivity contribution < 1.29 is 22.7 Å². The van der Waals surface area contributed by atoms with Crippen molar-refractivity contribution in [1.29, 1.82) is 0 Å². The fourth-order valence-corrected chi connectivity index (χ4v) is 5.72. The number of rotatable bonds is 7. The Labute approximate surface area is 202 Å². The van der Waals surface area contributed by atoms with Crippen LogP contribution < -0.4 is 19.7 Å². The predicted molar refractivity (Wildman–Crippen MR) is 134 cm³/mol. The van der Waals surface area contributed by atoms with Gasteiger partial charge in [-0.2, -0.15) is 8.42 Å². The number of nitrogens with one attached hydrogen (secondary N) is 1. The van der Waals surface area contributed by atoms with Gasteiger partial charge in [0.05, 0.1) is 32.2 Å². The molecule has 0 saturated carbocycles. The molecule has 3 aromatic rings. The number of ether oxygens (including phenoxy) is 2. The minimum Gasteiger partial charge on any atom is -0.493 e. The number of hydrogen-bond acceptors (Lipinski definition) is 7. The van der Waals surface area contributed by atoms with Crippen molar-refractivity contribution in [3.8, 4) is 11.5 Å². The molecule has 0 bridgehead atoms. The van der Waals surface area contributed by atoms with E-state index in [1.165, 1.54) is 20.3 Å². The summed E-state index contributed by atoms with van der Waals surface area (Å²) in [6.07, 6.45) is 0. The Bertz CT molecular complexity index is 1330. The summed E-state index contributed by atoms with van der Waals surface area (Å²) in [5.74, 6) is 0.694. The molecule has 10 heteroatoms. The van der Waals surface area contributed by atoms with Crippen molar-refractivity contribution in [3.05, 3.63) is 78.4 Å². The zero-order valence-corrected chi connectivity index (χ0v) is 20.2. The number of nitrogens with zero attached hydrogens (tertiary/aromatic N) is 2. The van der Waals surface area contributed by atoms with Gasteiger partial charge >= 0.3 is 0 Å². The highest BCUT2D eigenvalue weighted by atomic mass is 32.2. The van der Waals surface area contributed by atoms with Crippen LogP contribution in [0, 0.1) is 0 Å². The first-order chi connectivity index (χ1) is 16.4. The fraction of sp³-hybridized carbons (Fsp3) is 0.167. The second-order valence-corrected chi connectivity index (χ2v) is 9.81. The molecule has 1 heterocycles. The Morgan fingerprint density at radius 2 is 1.68 bits per heavy atom. The molecule has 0 unspecified atom stereocenters. The maximum Gasteiger partial charge on any atom is 0.286 e. The molecule has 4 rings (SSSR count). The Kier molecular flexibility index (Phi) is 7.09. The van der Waals surface area contributed by atoms with Crippen LogP contribution in [0.3, 0.4) is 0 Å². The SMILES string of the molecule is COc1ccc(NC(=O)CSC2=NS(=O)(=O)c3ccccc3N2Cc2ccccc2)cc1OC. The van der Waals surface area contributed by atoms with E-state index in [-0.39, 0.29) is 21.7 Å². The van der Waals surface area contributed by atoms with Gasteiger partial charge in [0.25, 0.3) is 10.0 Å². The summed E-state index contributed by atoms with van der Waals surface area (Å²) in [6, 6.07) is 21.4. The first-order valence-electron chi connectivity index (χ1n) is 10.3. The molecule has 0 radical (unpaired) electrons. The van der Waals surface area contributed by atoms with Gasteiger partial charge in [0.1, 0.15) is 4.90 Å². The number of amides is 1. The Morgan fingerprint density at radius 3 is 2.41 bits per heavy atom.